The van der Waals surface area contributed by atoms with Crippen LogP contribution in [0.5, 0.6) is 5.75 Å². The lowest BCUT2D eigenvalue weighted by Crippen LogP contribution is -2.24. The summed E-state index contributed by atoms with van der Waals surface area (Å²) in [6.45, 7) is 0.0257. The van der Waals surface area contributed by atoms with Gasteiger partial charge in [-0.25, -0.2) is 4.98 Å². The molecular formula is C12H17N3O2S. The molecule has 1 atom stereocenters. The predicted octanol–water partition coefficient (Wildman–Crippen LogP) is 1.37. The van der Waals surface area contributed by atoms with Crippen LogP contribution in [0, 0.1) is 0 Å². The summed E-state index contributed by atoms with van der Waals surface area (Å²) < 4.78 is 5.16. The van der Waals surface area contributed by atoms with E-state index in [0.717, 1.165) is 34.1 Å². The van der Waals surface area contributed by atoms with Gasteiger partial charge in [-0.15, -0.1) is 0 Å². The van der Waals surface area contributed by atoms with E-state index in [9.17, 15) is 0 Å². The number of imidazole rings is 1. The third-order valence-corrected chi connectivity index (χ3v) is 3.54. The number of fused-ring (bicyclic) bond motifs is 1. The Kier molecular flexibility index (Phi) is 4.46. The van der Waals surface area contributed by atoms with Crippen LogP contribution in [0.15, 0.2) is 23.4 Å². The van der Waals surface area contributed by atoms with Crippen molar-refractivity contribution in [3.8, 4) is 5.75 Å². The molecule has 6 heteroatoms. The average molecular weight is 267 g/mol. The van der Waals surface area contributed by atoms with Gasteiger partial charge in [0.05, 0.1) is 24.8 Å². The maximum Gasteiger partial charge on any atom is 0.166 e. The van der Waals surface area contributed by atoms with Crippen LogP contribution in [0.2, 0.25) is 0 Å². The number of benzene rings is 1. The molecule has 2 rings (SSSR count). The number of nitrogens with two attached hydrogens (primary N) is 1. The van der Waals surface area contributed by atoms with Crippen molar-refractivity contribution >= 4 is 22.8 Å². The van der Waals surface area contributed by atoms with Gasteiger partial charge in [-0.3, -0.25) is 0 Å². The van der Waals surface area contributed by atoms with Gasteiger partial charge in [-0.1, -0.05) is 11.8 Å². The molecule has 2 aromatic rings. The van der Waals surface area contributed by atoms with Crippen molar-refractivity contribution in [3.05, 3.63) is 18.2 Å². The summed E-state index contributed by atoms with van der Waals surface area (Å²) in [6, 6.07) is 5.58. The molecule has 5 nitrogen and oxygen atoms in total. The molecule has 1 aromatic heterocycles. The first-order chi connectivity index (χ1) is 8.72. The maximum atomic E-state index is 8.83. The van der Waals surface area contributed by atoms with E-state index in [1.54, 1.807) is 18.9 Å². The van der Waals surface area contributed by atoms with E-state index in [1.165, 1.54) is 0 Å². The molecule has 18 heavy (non-hydrogen) atoms. The molecule has 98 valence electrons. The van der Waals surface area contributed by atoms with Gasteiger partial charge in [-0.05, 0) is 18.6 Å². The Balaban J connectivity index is 2.01. The van der Waals surface area contributed by atoms with Crippen LogP contribution in [0.25, 0.3) is 11.0 Å². The molecule has 1 aromatic carbocycles. The molecule has 0 radical (unpaired) electrons. The van der Waals surface area contributed by atoms with Crippen LogP contribution in [0.3, 0.4) is 0 Å². The minimum Gasteiger partial charge on any atom is -0.497 e. The summed E-state index contributed by atoms with van der Waals surface area (Å²) in [6.07, 6.45) is 0.765. The number of thioether (sulfide) groups is 1. The number of hydrogen-bond acceptors (Lipinski definition) is 5. The number of aliphatic hydroxyl groups excluding tert-OH is 1. The number of hydrogen-bond donors (Lipinski definition) is 3. The summed E-state index contributed by atoms with van der Waals surface area (Å²) in [5.74, 6) is 1.64. The summed E-state index contributed by atoms with van der Waals surface area (Å²) in [7, 11) is 1.64. The van der Waals surface area contributed by atoms with E-state index in [-0.39, 0.29) is 12.6 Å². The van der Waals surface area contributed by atoms with E-state index in [0.29, 0.717) is 0 Å². The fraction of sp³-hybridized carbons (Fsp3) is 0.417. The molecule has 0 fully saturated rings. The molecule has 4 N–H and O–H groups in total. The Morgan fingerprint density at radius 3 is 3.11 bits per heavy atom. The molecule has 1 heterocycles. The van der Waals surface area contributed by atoms with Crippen molar-refractivity contribution in [1.29, 1.82) is 0 Å². The SMILES string of the molecule is COc1ccc2nc(SCCC(N)CO)[nH]c2c1. The van der Waals surface area contributed by atoms with Crippen LogP contribution < -0.4 is 10.5 Å². The highest BCUT2D eigenvalue weighted by molar-refractivity contribution is 7.99. The van der Waals surface area contributed by atoms with Crippen LogP contribution in [-0.2, 0) is 0 Å². The Bertz CT molecular complexity index is 515. The average Bonchev–Trinajstić information content (AvgIpc) is 2.79. The molecular weight excluding hydrogens is 250 g/mol. The van der Waals surface area contributed by atoms with Gasteiger partial charge in [0.15, 0.2) is 5.16 Å². The van der Waals surface area contributed by atoms with Crippen LogP contribution in [-0.4, -0.2) is 40.6 Å². The lowest BCUT2D eigenvalue weighted by molar-refractivity contribution is 0.264. The van der Waals surface area contributed by atoms with Crippen molar-refractivity contribution in [2.45, 2.75) is 17.6 Å². The predicted molar refractivity (Wildman–Crippen MR) is 73.0 cm³/mol. The number of H-pyrrole nitrogens is 1. The zero-order valence-corrected chi connectivity index (χ0v) is 11.0. The third-order valence-electron chi connectivity index (χ3n) is 2.63. The molecule has 0 bridgehead atoms. The van der Waals surface area contributed by atoms with Gasteiger partial charge < -0.3 is 20.6 Å². The highest BCUT2D eigenvalue weighted by atomic mass is 32.2. The number of rotatable bonds is 6. The van der Waals surface area contributed by atoms with Crippen molar-refractivity contribution in [2.75, 3.05) is 19.5 Å². The standard InChI is InChI=1S/C12H17N3O2S/c1-17-9-2-3-10-11(6-9)15-12(14-10)18-5-4-8(13)7-16/h2-3,6,8,16H,4-5,7,13H2,1H3,(H,14,15). The van der Waals surface area contributed by atoms with Crippen molar-refractivity contribution in [3.63, 3.8) is 0 Å². The van der Waals surface area contributed by atoms with E-state index in [1.807, 2.05) is 18.2 Å². The fourth-order valence-corrected chi connectivity index (χ4v) is 2.52. The van der Waals surface area contributed by atoms with Gasteiger partial charge in [0, 0.05) is 17.9 Å². The monoisotopic (exact) mass is 267 g/mol. The number of aromatic nitrogens is 2. The second kappa shape index (κ2) is 6.08. The first kappa shape index (κ1) is 13.2. The molecule has 0 aliphatic rings. The van der Waals surface area contributed by atoms with Crippen LogP contribution in [0.1, 0.15) is 6.42 Å². The second-order valence-electron chi connectivity index (χ2n) is 4.00. The number of methoxy groups -OCH3 is 1. The maximum absolute atomic E-state index is 8.83. The largest absolute Gasteiger partial charge is 0.497 e. The minimum absolute atomic E-state index is 0.0257. The number of nitrogens with one attached hydrogen (secondary N) is 1. The Morgan fingerprint density at radius 1 is 1.56 bits per heavy atom. The molecule has 1 unspecified atom stereocenters. The Labute approximate surface area is 110 Å². The van der Waals surface area contributed by atoms with Crippen LogP contribution >= 0.6 is 11.8 Å². The molecule has 0 amide bonds. The smallest absolute Gasteiger partial charge is 0.166 e. The minimum atomic E-state index is -0.151. The highest BCUT2D eigenvalue weighted by Gasteiger charge is 2.06. The van der Waals surface area contributed by atoms with E-state index < -0.39 is 0 Å². The Hall–Kier alpha value is -1.24. The van der Waals surface area contributed by atoms with Crippen molar-refractivity contribution in [1.82, 2.24) is 9.97 Å². The number of aliphatic hydroxyl groups is 1. The molecule has 0 aliphatic carbocycles. The summed E-state index contributed by atoms with van der Waals surface area (Å²) in [5, 5.41) is 9.70. The molecule has 0 saturated carbocycles. The number of nitrogens with zero attached hydrogens (tertiary/aromatic N) is 1. The van der Waals surface area contributed by atoms with E-state index in [2.05, 4.69) is 9.97 Å². The first-order valence-corrected chi connectivity index (χ1v) is 6.74. The topological polar surface area (TPSA) is 84.2 Å². The summed E-state index contributed by atoms with van der Waals surface area (Å²) in [5.41, 5.74) is 7.52. The summed E-state index contributed by atoms with van der Waals surface area (Å²) >= 11 is 1.60. The van der Waals surface area contributed by atoms with Gasteiger partial charge in [0.2, 0.25) is 0 Å². The normalized spacial score (nSPS) is 12.8. The Morgan fingerprint density at radius 2 is 2.39 bits per heavy atom. The zero-order valence-electron chi connectivity index (χ0n) is 10.2. The van der Waals surface area contributed by atoms with Gasteiger partial charge >= 0.3 is 0 Å². The van der Waals surface area contributed by atoms with Gasteiger partial charge in [-0.2, -0.15) is 0 Å². The lowest BCUT2D eigenvalue weighted by Gasteiger charge is -2.05. The number of aromatic amines is 1. The van der Waals surface area contributed by atoms with Gasteiger partial charge in [0.25, 0.3) is 0 Å². The fourth-order valence-electron chi connectivity index (χ4n) is 1.56. The third kappa shape index (κ3) is 3.16. The lowest BCUT2D eigenvalue weighted by atomic mass is 10.3. The van der Waals surface area contributed by atoms with E-state index in [4.69, 9.17) is 15.6 Å². The van der Waals surface area contributed by atoms with Crippen molar-refractivity contribution < 1.29 is 9.84 Å². The highest BCUT2D eigenvalue weighted by Crippen LogP contribution is 2.23. The summed E-state index contributed by atoms with van der Waals surface area (Å²) in [4.78, 5) is 7.69. The quantitative estimate of drug-likeness (QED) is 0.688. The second-order valence-corrected chi connectivity index (χ2v) is 5.09. The van der Waals surface area contributed by atoms with Gasteiger partial charge in [0.1, 0.15) is 5.75 Å². The molecule has 0 spiro atoms. The van der Waals surface area contributed by atoms with Crippen molar-refractivity contribution in [2.24, 2.45) is 5.73 Å². The molecule has 0 aliphatic heterocycles. The molecule has 0 saturated heterocycles. The first-order valence-electron chi connectivity index (χ1n) is 5.76. The van der Waals surface area contributed by atoms with Crippen LogP contribution in [0.4, 0.5) is 0 Å². The van der Waals surface area contributed by atoms with E-state index >= 15 is 0 Å². The number of ether oxygens (including phenoxy) is 1. The zero-order chi connectivity index (χ0) is 13.0.